The van der Waals surface area contributed by atoms with E-state index in [-0.39, 0.29) is 11.9 Å². The van der Waals surface area contributed by atoms with Crippen molar-refractivity contribution in [3.63, 3.8) is 0 Å². The van der Waals surface area contributed by atoms with Crippen LogP contribution in [-0.4, -0.2) is 12.5 Å². The first-order chi connectivity index (χ1) is 10.2. The predicted octanol–water partition coefficient (Wildman–Crippen LogP) is 3.58. The fourth-order valence-electron chi connectivity index (χ4n) is 2.69. The van der Waals surface area contributed by atoms with Gasteiger partial charge >= 0.3 is 0 Å². The summed E-state index contributed by atoms with van der Waals surface area (Å²) in [5.41, 5.74) is 4.24. The number of anilines is 1. The molecule has 21 heavy (non-hydrogen) atoms. The van der Waals surface area contributed by atoms with E-state index in [1.54, 1.807) is 0 Å². The Morgan fingerprint density at radius 3 is 2.90 bits per heavy atom. The molecule has 2 aromatic carbocycles. The minimum Gasteiger partial charge on any atom is -0.323 e. The van der Waals surface area contributed by atoms with Gasteiger partial charge in [-0.05, 0) is 52.0 Å². The average molecular weight is 345 g/mol. The van der Waals surface area contributed by atoms with Crippen molar-refractivity contribution in [3.05, 3.63) is 63.6 Å². The second kappa shape index (κ2) is 6.00. The number of aryl methyl sites for hydroxylation is 1. The molecule has 0 bridgehead atoms. The summed E-state index contributed by atoms with van der Waals surface area (Å²) in [5, 5.41) is 6.32. The highest BCUT2D eigenvalue weighted by Gasteiger charge is 2.26. The van der Waals surface area contributed by atoms with E-state index < -0.39 is 0 Å². The highest BCUT2D eigenvalue weighted by molar-refractivity contribution is 9.10. The third-order valence-corrected chi connectivity index (χ3v) is 4.87. The van der Waals surface area contributed by atoms with Gasteiger partial charge in [-0.2, -0.15) is 0 Å². The summed E-state index contributed by atoms with van der Waals surface area (Å²) in [6.45, 7) is 2.83. The van der Waals surface area contributed by atoms with E-state index in [0.29, 0.717) is 0 Å². The molecule has 0 saturated heterocycles. The van der Waals surface area contributed by atoms with Gasteiger partial charge in [0.1, 0.15) is 6.04 Å². The molecule has 0 aliphatic carbocycles. The van der Waals surface area contributed by atoms with Crippen LogP contribution >= 0.6 is 15.9 Å². The summed E-state index contributed by atoms with van der Waals surface area (Å²) in [7, 11) is 0. The molecule has 2 N–H and O–H groups in total. The molecule has 0 saturated carbocycles. The Labute approximate surface area is 132 Å². The van der Waals surface area contributed by atoms with E-state index in [9.17, 15) is 4.79 Å². The van der Waals surface area contributed by atoms with Crippen LogP contribution in [-0.2, 0) is 11.2 Å². The van der Waals surface area contributed by atoms with Gasteiger partial charge in [-0.1, -0.05) is 36.4 Å². The van der Waals surface area contributed by atoms with Crippen LogP contribution in [0.4, 0.5) is 5.69 Å². The quantitative estimate of drug-likeness (QED) is 0.874. The molecule has 1 unspecified atom stereocenters. The zero-order valence-corrected chi connectivity index (χ0v) is 13.4. The Hall–Kier alpha value is -1.65. The van der Waals surface area contributed by atoms with Crippen molar-refractivity contribution in [3.8, 4) is 0 Å². The third kappa shape index (κ3) is 2.87. The van der Waals surface area contributed by atoms with Crippen molar-refractivity contribution in [1.29, 1.82) is 0 Å². The molecule has 1 atom stereocenters. The van der Waals surface area contributed by atoms with Crippen LogP contribution in [0.2, 0.25) is 0 Å². The molecule has 108 valence electrons. The van der Waals surface area contributed by atoms with Gasteiger partial charge in [0.05, 0.1) is 5.69 Å². The predicted molar refractivity (Wildman–Crippen MR) is 88.4 cm³/mol. The average Bonchev–Trinajstić information content (AvgIpc) is 2.51. The maximum atomic E-state index is 12.6. The number of fused-ring (bicyclic) bond motifs is 1. The van der Waals surface area contributed by atoms with Crippen molar-refractivity contribution in [2.24, 2.45) is 0 Å². The van der Waals surface area contributed by atoms with Crippen LogP contribution in [0.1, 0.15) is 22.7 Å². The Balaban J connectivity index is 1.85. The molecule has 0 fully saturated rings. The minimum absolute atomic E-state index is 0.0200. The zero-order valence-electron chi connectivity index (χ0n) is 11.8. The lowest BCUT2D eigenvalue weighted by Crippen LogP contribution is -2.38. The summed E-state index contributed by atoms with van der Waals surface area (Å²) >= 11 is 3.53. The molecule has 0 radical (unpaired) electrons. The first-order valence-corrected chi connectivity index (χ1v) is 7.83. The summed E-state index contributed by atoms with van der Waals surface area (Å²) in [5.74, 6) is -0.0200. The second-order valence-electron chi connectivity index (χ2n) is 5.26. The maximum absolute atomic E-state index is 12.6. The normalized spacial score (nSPS) is 17.1. The van der Waals surface area contributed by atoms with Gasteiger partial charge in [-0.3, -0.25) is 4.79 Å². The monoisotopic (exact) mass is 344 g/mol. The summed E-state index contributed by atoms with van der Waals surface area (Å²) in [6.07, 6.45) is 0.966. The molecule has 1 aliphatic heterocycles. The van der Waals surface area contributed by atoms with Gasteiger partial charge in [0.2, 0.25) is 5.91 Å². The lowest BCUT2D eigenvalue weighted by Gasteiger charge is -2.26. The van der Waals surface area contributed by atoms with Crippen molar-refractivity contribution in [2.45, 2.75) is 19.4 Å². The minimum atomic E-state index is -0.289. The number of carbonyl (C=O) groups excluding carboxylic acids is 1. The van der Waals surface area contributed by atoms with Crippen LogP contribution in [0.3, 0.4) is 0 Å². The summed E-state index contributed by atoms with van der Waals surface area (Å²) in [6, 6.07) is 13.7. The molecule has 1 heterocycles. The fourth-order valence-corrected chi connectivity index (χ4v) is 3.05. The van der Waals surface area contributed by atoms with Crippen molar-refractivity contribution in [1.82, 2.24) is 5.32 Å². The Bertz CT molecular complexity index is 684. The van der Waals surface area contributed by atoms with Gasteiger partial charge in [-0.15, -0.1) is 0 Å². The molecule has 3 rings (SSSR count). The van der Waals surface area contributed by atoms with Crippen LogP contribution < -0.4 is 10.6 Å². The number of halogens is 1. The smallest absolute Gasteiger partial charge is 0.246 e. The molecular formula is C17H17BrN2O. The van der Waals surface area contributed by atoms with E-state index in [0.717, 1.165) is 34.3 Å². The molecule has 0 aromatic heterocycles. The van der Waals surface area contributed by atoms with Crippen LogP contribution in [0.25, 0.3) is 0 Å². The zero-order chi connectivity index (χ0) is 14.8. The van der Waals surface area contributed by atoms with Gasteiger partial charge < -0.3 is 10.6 Å². The number of rotatable bonds is 2. The Morgan fingerprint density at radius 2 is 2.05 bits per heavy atom. The van der Waals surface area contributed by atoms with E-state index in [2.05, 4.69) is 32.6 Å². The van der Waals surface area contributed by atoms with Crippen molar-refractivity contribution >= 4 is 27.5 Å². The number of carbonyl (C=O) groups is 1. The molecule has 1 aliphatic rings. The first kappa shape index (κ1) is 14.3. The van der Waals surface area contributed by atoms with Crippen molar-refractivity contribution < 1.29 is 4.79 Å². The summed E-state index contributed by atoms with van der Waals surface area (Å²) < 4.78 is 0.933. The lowest BCUT2D eigenvalue weighted by molar-refractivity contribution is -0.118. The molecule has 1 amide bonds. The van der Waals surface area contributed by atoms with E-state index in [1.165, 1.54) is 5.56 Å². The fraction of sp³-hybridized carbons (Fsp3) is 0.235. The third-order valence-electron chi connectivity index (χ3n) is 3.82. The highest BCUT2D eigenvalue weighted by Crippen LogP contribution is 2.28. The summed E-state index contributed by atoms with van der Waals surface area (Å²) in [4.78, 5) is 12.6. The molecule has 4 heteroatoms. The van der Waals surface area contributed by atoms with Gasteiger partial charge in [0.15, 0.2) is 0 Å². The van der Waals surface area contributed by atoms with Crippen LogP contribution in [0, 0.1) is 6.92 Å². The number of benzene rings is 2. The molecule has 0 spiro atoms. The maximum Gasteiger partial charge on any atom is 0.246 e. The number of hydrogen-bond donors (Lipinski definition) is 2. The standard InChI is InChI=1S/C17H17BrN2O/c1-11-5-4-8-14(15(11)18)20-17(21)16-13-7-3-2-6-12(13)9-10-19-16/h2-8,16,19H,9-10H2,1H3,(H,20,21). The Kier molecular flexibility index (Phi) is 4.08. The lowest BCUT2D eigenvalue weighted by atomic mass is 9.94. The van der Waals surface area contributed by atoms with E-state index >= 15 is 0 Å². The molecular weight excluding hydrogens is 328 g/mol. The SMILES string of the molecule is Cc1cccc(NC(=O)C2NCCc3ccccc32)c1Br. The molecule has 2 aromatic rings. The Morgan fingerprint density at radius 1 is 1.24 bits per heavy atom. The van der Waals surface area contributed by atoms with Gasteiger partial charge in [-0.25, -0.2) is 0 Å². The number of hydrogen-bond acceptors (Lipinski definition) is 2. The second-order valence-corrected chi connectivity index (χ2v) is 6.05. The first-order valence-electron chi connectivity index (χ1n) is 7.04. The van der Waals surface area contributed by atoms with Gasteiger partial charge in [0.25, 0.3) is 0 Å². The van der Waals surface area contributed by atoms with E-state index in [4.69, 9.17) is 0 Å². The number of amides is 1. The number of nitrogens with one attached hydrogen (secondary N) is 2. The topological polar surface area (TPSA) is 41.1 Å². The van der Waals surface area contributed by atoms with Crippen LogP contribution in [0.5, 0.6) is 0 Å². The van der Waals surface area contributed by atoms with E-state index in [1.807, 2.05) is 43.3 Å². The van der Waals surface area contributed by atoms with Crippen molar-refractivity contribution in [2.75, 3.05) is 11.9 Å². The van der Waals surface area contributed by atoms with Crippen LogP contribution in [0.15, 0.2) is 46.9 Å². The largest absolute Gasteiger partial charge is 0.323 e. The van der Waals surface area contributed by atoms with Gasteiger partial charge in [0, 0.05) is 11.0 Å². The molecule has 3 nitrogen and oxygen atoms in total. The highest BCUT2D eigenvalue weighted by atomic mass is 79.9.